The number of amides is 1. The lowest BCUT2D eigenvalue weighted by Gasteiger charge is -2.07. The van der Waals surface area contributed by atoms with E-state index in [1.165, 1.54) is 10.6 Å². The number of aromatic nitrogens is 1. The smallest absolute Gasteiger partial charge is 0.420 e. The number of hydrogen-bond donors (Lipinski definition) is 1. The van der Waals surface area contributed by atoms with Gasteiger partial charge in [-0.1, -0.05) is 12.1 Å². The number of benzene rings is 2. The Bertz CT molecular complexity index is 1260. The molecule has 4 aromatic rings. The van der Waals surface area contributed by atoms with Crippen molar-refractivity contribution in [3.63, 3.8) is 0 Å². The number of anilines is 1. The Balaban J connectivity index is 1.62. The molecule has 0 aliphatic rings. The summed E-state index contributed by atoms with van der Waals surface area (Å²) in [5.41, 5.74) is 2.18. The largest absolute Gasteiger partial charge is 0.423 e. The molecular weight excluding hydrogens is 336 g/mol. The van der Waals surface area contributed by atoms with Crippen LogP contribution in [0.3, 0.4) is 0 Å². The number of nitrogens with zero attached hydrogens (tertiary/aromatic N) is 1. The summed E-state index contributed by atoms with van der Waals surface area (Å²) in [6.45, 7) is 1.62. The van der Waals surface area contributed by atoms with Crippen LogP contribution in [0.5, 0.6) is 0 Å². The highest BCUT2D eigenvalue weighted by Gasteiger charge is 2.13. The molecule has 7 heteroatoms. The molecule has 7 nitrogen and oxygen atoms in total. The number of nitrogens with one attached hydrogen (secondary N) is 1. The van der Waals surface area contributed by atoms with E-state index in [9.17, 15) is 14.4 Å². The fourth-order valence-electron chi connectivity index (χ4n) is 2.91. The van der Waals surface area contributed by atoms with Gasteiger partial charge in [-0.2, -0.15) is 0 Å². The van der Waals surface area contributed by atoms with E-state index in [0.29, 0.717) is 22.4 Å². The number of fused-ring (bicyclic) bond motifs is 2. The minimum Gasteiger partial charge on any atom is -0.423 e. The van der Waals surface area contributed by atoms with Crippen LogP contribution < -0.4 is 16.7 Å². The van der Waals surface area contributed by atoms with E-state index in [1.807, 2.05) is 6.92 Å². The lowest BCUT2D eigenvalue weighted by atomic mass is 10.1. The Hall–Kier alpha value is -3.61. The molecule has 0 bridgehead atoms. The van der Waals surface area contributed by atoms with E-state index >= 15 is 0 Å². The summed E-state index contributed by atoms with van der Waals surface area (Å²) in [5, 5.41) is 3.49. The molecule has 0 fully saturated rings. The first-order valence-electron chi connectivity index (χ1n) is 7.94. The highest BCUT2D eigenvalue weighted by atomic mass is 16.4. The van der Waals surface area contributed by atoms with Crippen LogP contribution in [0.2, 0.25) is 0 Å². The molecule has 1 amide bonds. The van der Waals surface area contributed by atoms with Gasteiger partial charge < -0.3 is 14.2 Å². The lowest BCUT2D eigenvalue weighted by Crippen LogP contribution is -2.24. The van der Waals surface area contributed by atoms with Crippen LogP contribution in [0.1, 0.15) is 5.56 Å². The van der Waals surface area contributed by atoms with Crippen molar-refractivity contribution in [3.8, 4) is 0 Å². The molecule has 4 rings (SSSR count). The number of hydrogen-bond acceptors (Lipinski definition) is 5. The summed E-state index contributed by atoms with van der Waals surface area (Å²) in [6, 6.07) is 13.4. The maximum atomic E-state index is 12.3. The number of aryl methyl sites for hydroxylation is 1. The van der Waals surface area contributed by atoms with Crippen molar-refractivity contribution < 1.29 is 13.6 Å². The molecule has 2 aromatic heterocycles. The average molecular weight is 350 g/mol. The second-order valence-electron chi connectivity index (χ2n) is 5.93. The van der Waals surface area contributed by atoms with Crippen LogP contribution >= 0.6 is 0 Å². The van der Waals surface area contributed by atoms with Crippen molar-refractivity contribution in [1.29, 1.82) is 0 Å². The molecule has 0 aliphatic heterocycles. The molecule has 26 heavy (non-hydrogen) atoms. The fraction of sp³-hybridized carbons (Fsp3) is 0.105. The summed E-state index contributed by atoms with van der Waals surface area (Å²) in [7, 11) is 0. The van der Waals surface area contributed by atoms with Gasteiger partial charge in [0.2, 0.25) is 5.91 Å². The van der Waals surface area contributed by atoms with E-state index < -0.39 is 17.3 Å². The summed E-state index contributed by atoms with van der Waals surface area (Å²) in [5.74, 6) is -0.991. The molecule has 0 saturated carbocycles. The molecule has 2 heterocycles. The summed E-state index contributed by atoms with van der Waals surface area (Å²) >= 11 is 0. The fourth-order valence-corrected chi connectivity index (χ4v) is 2.91. The van der Waals surface area contributed by atoms with Crippen LogP contribution in [0.4, 0.5) is 5.69 Å². The third-order valence-electron chi connectivity index (χ3n) is 4.11. The molecule has 0 unspecified atom stereocenters. The molecule has 1 N–H and O–H groups in total. The molecule has 0 saturated heterocycles. The quantitative estimate of drug-likeness (QED) is 0.573. The van der Waals surface area contributed by atoms with Crippen molar-refractivity contribution in [2.75, 3.05) is 5.32 Å². The number of para-hydroxylation sites is 2. The van der Waals surface area contributed by atoms with Crippen molar-refractivity contribution in [2.24, 2.45) is 0 Å². The first-order valence-corrected chi connectivity index (χ1v) is 7.94. The van der Waals surface area contributed by atoms with Crippen LogP contribution in [-0.2, 0) is 11.3 Å². The van der Waals surface area contributed by atoms with Crippen LogP contribution in [0, 0.1) is 6.92 Å². The predicted molar refractivity (Wildman–Crippen MR) is 96.3 cm³/mol. The molecule has 130 valence electrons. The molecule has 2 aromatic carbocycles. The van der Waals surface area contributed by atoms with Crippen molar-refractivity contribution in [3.05, 3.63) is 75.1 Å². The van der Waals surface area contributed by atoms with Gasteiger partial charge in [0.25, 0.3) is 0 Å². The normalized spacial score (nSPS) is 11.1. The monoisotopic (exact) mass is 350 g/mol. The van der Waals surface area contributed by atoms with E-state index in [2.05, 4.69) is 5.32 Å². The maximum absolute atomic E-state index is 12.3. The molecule has 0 atom stereocenters. The zero-order valence-corrected chi connectivity index (χ0v) is 13.8. The number of oxazole rings is 1. The van der Waals surface area contributed by atoms with Gasteiger partial charge in [-0.25, -0.2) is 9.59 Å². The van der Waals surface area contributed by atoms with E-state index in [-0.39, 0.29) is 6.54 Å². The van der Waals surface area contributed by atoms with Crippen LogP contribution in [-0.4, -0.2) is 10.5 Å². The van der Waals surface area contributed by atoms with Gasteiger partial charge in [-0.15, -0.1) is 0 Å². The Morgan fingerprint density at radius 1 is 1.04 bits per heavy atom. The van der Waals surface area contributed by atoms with Crippen molar-refractivity contribution >= 4 is 33.7 Å². The summed E-state index contributed by atoms with van der Waals surface area (Å²) < 4.78 is 11.5. The Labute approximate surface area is 146 Å². The maximum Gasteiger partial charge on any atom is 0.420 e. The Morgan fingerprint density at radius 2 is 1.85 bits per heavy atom. The van der Waals surface area contributed by atoms with Crippen LogP contribution in [0.25, 0.3) is 22.1 Å². The number of rotatable bonds is 3. The highest BCUT2D eigenvalue weighted by Crippen LogP contribution is 2.21. The first kappa shape index (κ1) is 15.9. The number of carbonyl (C=O) groups excluding carboxylic acids is 1. The minimum absolute atomic E-state index is 0.189. The zero-order chi connectivity index (χ0) is 18.3. The standard InChI is InChI=1S/C19H14N2O5/c1-11-8-18(23)25-16-9-12(6-7-13(11)16)20-17(22)10-21-14-4-2-3-5-15(14)26-19(21)24/h2-9H,10H2,1H3,(H,20,22). The van der Waals surface area contributed by atoms with Crippen molar-refractivity contribution in [2.45, 2.75) is 13.5 Å². The van der Waals surface area contributed by atoms with Gasteiger partial charge in [0.05, 0.1) is 5.52 Å². The molecule has 0 radical (unpaired) electrons. The SMILES string of the molecule is Cc1cc(=O)oc2cc(NC(=O)Cn3c(=O)oc4ccccc43)ccc12. The molecular formula is C19H14N2O5. The third kappa shape index (κ3) is 2.79. The van der Waals surface area contributed by atoms with E-state index in [0.717, 1.165) is 10.9 Å². The van der Waals surface area contributed by atoms with Gasteiger partial charge >= 0.3 is 11.4 Å². The molecule has 0 spiro atoms. The lowest BCUT2D eigenvalue weighted by molar-refractivity contribution is -0.116. The van der Waals surface area contributed by atoms with Crippen molar-refractivity contribution in [1.82, 2.24) is 4.57 Å². The second-order valence-corrected chi connectivity index (χ2v) is 5.93. The third-order valence-corrected chi connectivity index (χ3v) is 4.11. The topological polar surface area (TPSA) is 94.5 Å². The predicted octanol–water partition coefficient (Wildman–Crippen LogP) is 2.65. The molecule has 0 aliphatic carbocycles. The summed E-state index contributed by atoms with van der Waals surface area (Å²) in [6.07, 6.45) is 0. The average Bonchev–Trinajstić information content (AvgIpc) is 2.90. The van der Waals surface area contributed by atoms with E-state index in [4.69, 9.17) is 8.83 Å². The minimum atomic E-state index is -0.596. The van der Waals surface area contributed by atoms with Gasteiger partial charge in [-0.3, -0.25) is 9.36 Å². The van der Waals surface area contributed by atoms with E-state index in [1.54, 1.807) is 42.5 Å². The highest BCUT2D eigenvalue weighted by molar-refractivity contribution is 5.94. The van der Waals surface area contributed by atoms with Crippen LogP contribution in [0.15, 0.2) is 67.0 Å². The second kappa shape index (κ2) is 6.03. The zero-order valence-electron chi connectivity index (χ0n) is 13.8. The Kier molecular flexibility index (Phi) is 3.69. The number of carbonyl (C=O) groups is 1. The Morgan fingerprint density at radius 3 is 2.69 bits per heavy atom. The summed E-state index contributed by atoms with van der Waals surface area (Å²) in [4.78, 5) is 35.8. The first-order chi connectivity index (χ1) is 12.5. The van der Waals surface area contributed by atoms with Gasteiger partial charge in [0, 0.05) is 23.2 Å². The van der Waals surface area contributed by atoms with Gasteiger partial charge in [-0.05, 0) is 36.8 Å². The van der Waals surface area contributed by atoms with Gasteiger partial charge in [0.15, 0.2) is 5.58 Å². The van der Waals surface area contributed by atoms with Gasteiger partial charge in [0.1, 0.15) is 12.1 Å².